The van der Waals surface area contributed by atoms with Gasteiger partial charge in [-0.3, -0.25) is 0 Å². The van der Waals surface area contributed by atoms with Gasteiger partial charge in [-0.1, -0.05) is 6.04 Å². The Morgan fingerprint density at radius 1 is 1.86 bits per heavy atom. The van der Waals surface area contributed by atoms with Crippen molar-refractivity contribution >= 4 is 0 Å². The average Bonchev–Trinajstić information content (AvgIpc) is 2.79. The van der Waals surface area contributed by atoms with Gasteiger partial charge in [0, 0.05) is 14.2 Å². The summed E-state index contributed by atoms with van der Waals surface area (Å²) in [5.41, 5.74) is -0.874. The molecule has 1 N–H and O–H groups in total. The van der Waals surface area contributed by atoms with E-state index in [0.717, 1.165) is 6.92 Å². The maximum atomic E-state index is 8.17. The van der Waals surface area contributed by atoms with Crippen LogP contribution in [0.25, 0.3) is 0 Å². The number of benzene rings is 1. The van der Waals surface area contributed by atoms with Crippen LogP contribution in [0.15, 0.2) is 18.1 Å². The van der Waals surface area contributed by atoms with Crippen molar-refractivity contribution < 1.29 is 26.0 Å². The molecule has 0 saturated heterocycles. The number of hydrogen-bond donors (Lipinski definition) is 1. The first-order valence-electron chi connectivity index (χ1n) is 9.71. The fourth-order valence-corrected chi connectivity index (χ4v) is 0.897. The lowest BCUT2D eigenvalue weighted by Gasteiger charge is -2.09. The van der Waals surface area contributed by atoms with Gasteiger partial charge in [-0.25, -0.2) is 0 Å². The van der Waals surface area contributed by atoms with Crippen LogP contribution < -0.4 is 14.8 Å². The summed E-state index contributed by atoms with van der Waals surface area (Å²) in [7, 11) is 0. The van der Waals surface area contributed by atoms with Crippen LogP contribution in [0, 0.1) is 0 Å². The lowest BCUT2D eigenvalue weighted by Crippen LogP contribution is -2.23. The average molecular weight is 205 g/mol. The van der Waals surface area contributed by atoms with Crippen molar-refractivity contribution in [3.05, 3.63) is 23.7 Å². The SMILES string of the molecule is [2H]c1c([2H])c(C([2H])([2H])C([2H])(C)N([2H])C([2H])([2H])[2H])c([2H])c2c1OC([2H])([2H])O2. The first-order valence-corrected chi connectivity index (χ1v) is 3.76. The van der Waals surface area contributed by atoms with Crippen molar-refractivity contribution in [2.45, 2.75) is 19.3 Å². The second-order valence-electron chi connectivity index (χ2n) is 2.52. The topological polar surface area (TPSA) is 30.5 Å². The van der Waals surface area contributed by atoms with Gasteiger partial charge < -0.3 is 14.8 Å². The summed E-state index contributed by atoms with van der Waals surface area (Å²) < 4.78 is 102. The van der Waals surface area contributed by atoms with E-state index >= 15 is 0 Å². The molecule has 3 heteroatoms. The number of ether oxygens (including phenoxy) is 2. The van der Waals surface area contributed by atoms with Crippen LogP contribution in [0.3, 0.4) is 0 Å². The predicted octanol–water partition coefficient (Wildman–Crippen LogP) is 1.57. The van der Waals surface area contributed by atoms with Crippen molar-refractivity contribution in [3.8, 4) is 11.5 Å². The van der Waals surface area contributed by atoms with Gasteiger partial charge in [0.15, 0.2) is 11.5 Å². The van der Waals surface area contributed by atoms with E-state index in [-0.39, 0.29) is 5.31 Å². The van der Waals surface area contributed by atoms with Crippen LogP contribution in [-0.4, -0.2) is 19.7 Å². The quantitative estimate of drug-likeness (QED) is 0.812. The number of fused-ring (bicyclic) bond motifs is 1. The third-order valence-electron chi connectivity index (χ3n) is 1.51. The van der Waals surface area contributed by atoms with Gasteiger partial charge >= 0.3 is 0 Å². The highest BCUT2D eigenvalue weighted by molar-refractivity contribution is 5.44. The van der Waals surface area contributed by atoms with Crippen molar-refractivity contribution in [3.63, 3.8) is 0 Å². The molecule has 1 aromatic rings. The largest absolute Gasteiger partial charge is 0.454 e. The molecule has 0 bridgehead atoms. The molecule has 3 nitrogen and oxygen atoms in total. The fraction of sp³-hybridized carbons (Fsp3) is 0.455. The van der Waals surface area contributed by atoms with Crippen LogP contribution in [0.2, 0.25) is 1.41 Å². The molecule has 1 aliphatic heterocycles. The summed E-state index contributed by atoms with van der Waals surface area (Å²) in [5, 5.41) is -0.271. The summed E-state index contributed by atoms with van der Waals surface area (Å²) in [4.78, 5) is 0. The van der Waals surface area contributed by atoms with Gasteiger partial charge in [0.25, 0.3) is 0 Å². The molecule has 14 heavy (non-hydrogen) atoms. The molecule has 1 aromatic carbocycles. The van der Waals surface area contributed by atoms with Crippen LogP contribution in [0.1, 0.15) is 27.6 Å². The zero-order chi connectivity index (χ0) is 20.5. The zero-order valence-electron chi connectivity index (χ0n) is 19.3. The minimum absolute atomic E-state index is 0.271. The van der Waals surface area contributed by atoms with E-state index in [1.54, 1.807) is 0 Å². The Hall–Kier alpha value is -1.22. The molecule has 0 aromatic heterocycles. The highest BCUT2D eigenvalue weighted by Crippen LogP contribution is 2.32. The number of nitrogens with one attached hydrogen (secondary N) is 1. The van der Waals surface area contributed by atoms with Gasteiger partial charge in [0.05, 0.1) is 4.11 Å². The molecule has 1 atom stereocenters. The molecular weight excluding hydrogens is 178 g/mol. The van der Waals surface area contributed by atoms with Crippen molar-refractivity contribution in [1.29, 1.82) is 0 Å². The lowest BCUT2D eigenvalue weighted by atomic mass is 10.1. The molecule has 0 fully saturated rings. The van der Waals surface area contributed by atoms with Gasteiger partial charge in [0.2, 0.25) is 6.75 Å². The molecule has 0 spiro atoms. The maximum Gasteiger partial charge on any atom is 0.231 e. The number of rotatable bonds is 3. The monoisotopic (exact) mass is 205 g/mol. The first-order chi connectivity index (χ1) is 11.4. The van der Waals surface area contributed by atoms with E-state index in [1.165, 1.54) is 0 Å². The first kappa shape index (κ1) is 2.67. The third kappa shape index (κ3) is 1.82. The van der Waals surface area contributed by atoms with Crippen molar-refractivity contribution in [1.82, 2.24) is 5.31 Å². The van der Waals surface area contributed by atoms with Crippen LogP contribution in [0.4, 0.5) is 0 Å². The van der Waals surface area contributed by atoms with Crippen LogP contribution in [-0.2, 0) is 6.37 Å². The van der Waals surface area contributed by atoms with Gasteiger partial charge in [-0.15, -0.1) is 0 Å². The molecule has 0 saturated carbocycles. The molecule has 1 aliphatic rings. The molecule has 2 rings (SSSR count). The van der Waals surface area contributed by atoms with Crippen LogP contribution in [0.5, 0.6) is 11.5 Å². The summed E-state index contributed by atoms with van der Waals surface area (Å²) in [6, 6.07) is -5.32. The molecule has 76 valence electrons. The Balaban J connectivity index is 2.71. The third-order valence-corrected chi connectivity index (χ3v) is 1.51. The summed E-state index contributed by atoms with van der Waals surface area (Å²) >= 11 is 0. The Kier molecular flexibility index (Phi) is 0.740. The summed E-state index contributed by atoms with van der Waals surface area (Å²) in [6.07, 6.45) is -3.08. The lowest BCUT2D eigenvalue weighted by molar-refractivity contribution is 0.174. The van der Waals surface area contributed by atoms with Gasteiger partial charge in [-0.05, 0) is 37.9 Å². The number of likely N-dealkylation sites (N-methyl/N-ethyl adjacent to an activating group) is 1. The normalized spacial score (nSPS) is 36.1. The maximum absolute atomic E-state index is 8.17. The molecule has 0 aliphatic carbocycles. The molecule has 1 unspecified atom stereocenters. The predicted molar refractivity (Wildman–Crippen MR) is 54.8 cm³/mol. The van der Waals surface area contributed by atoms with Gasteiger partial charge in [-0.2, -0.15) is 0 Å². The van der Waals surface area contributed by atoms with E-state index in [4.69, 9.17) is 26.0 Å². The summed E-state index contributed by atoms with van der Waals surface area (Å²) in [5.74, 6) is -1.19. The van der Waals surface area contributed by atoms with E-state index in [2.05, 4.69) is 0 Å². The smallest absolute Gasteiger partial charge is 0.231 e. The zero-order valence-corrected chi connectivity index (χ0v) is 7.26. The molecule has 1 heterocycles. The van der Waals surface area contributed by atoms with Gasteiger partial charge in [0.1, 0.15) is 4.15 Å². The Morgan fingerprint density at radius 2 is 2.71 bits per heavy atom. The number of hydrogen-bond acceptors (Lipinski definition) is 3. The van der Waals surface area contributed by atoms with Crippen molar-refractivity contribution in [2.75, 3.05) is 13.7 Å². The highest BCUT2D eigenvalue weighted by atomic mass is 16.7. The van der Waals surface area contributed by atoms with E-state index < -0.39 is 61.3 Å². The second-order valence-corrected chi connectivity index (χ2v) is 2.52. The second kappa shape index (κ2) is 3.88. The van der Waals surface area contributed by atoms with E-state index in [9.17, 15) is 0 Å². The Labute approximate surface area is 101 Å². The van der Waals surface area contributed by atoms with E-state index in [1.807, 2.05) is 0 Å². The molecule has 0 amide bonds. The standard InChI is InChI=1S/C11H15NO2/c1-8(12-2)5-9-3-4-10-11(6-9)14-7-13-10/h3-4,6,8,12H,5,7H2,1-2H3/i2D3,3D,4D,5D2,6D,7D2,8D/hD. The molecule has 0 radical (unpaired) electrons. The summed E-state index contributed by atoms with van der Waals surface area (Å²) in [6.45, 7) is -5.10. The molecular formula is C11H15NO2. The van der Waals surface area contributed by atoms with Crippen molar-refractivity contribution in [2.24, 2.45) is 0 Å². The minimum Gasteiger partial charge on any atom is -0.454 e. The minimum atomic E-state index is -3.16. The Morgan fingerprint density at radius 3 is 3.57 bits per heavy atom. The Bertz CT molecular complexity index is 744. The highest BCUT2D eigenvalue weighted by Gasteiger charge is 2.13. The fourth-order valence-electron chi connectivity index (χ4n) is 0.897. The van der Waals surface area contributed by atoms with E-state index in [0.29, 0.717) is 0 Å². The van der Waals surface area contributed by atoms with Crippen LogP contribution >= 0.6 is 0 Å².